The summed E-state index contributed by atoms with van der Waals surface area (Å²) < 4.78 is 0. The van der Waals surface area contributed by atoms with Gasteiger partial charge < -0.3 is 10.6 Å². The van der Waals surface area contributed by atoms with Gasteiger partial charge in [0.2, 0.25) is 0 Å². The molecule has 2 N–H and O–H groups in total. The second-order valence-electron chi connectivity index (χ2n) is 5.44. The second kappa shape index (κ2) is 4.79. The van der Waals surface area contributed by atoms with E-state index >= 15 is 0 Å². The van der Waals surface area contributed by atoms with Crippen LogP contribution in [0.3, 0.4) is 0 Å². The molecule has 1 aromatic rings. The standard InChI is InChI=1S/C15H22N2/c1-2-7-13(8-3-1)14-15(10-6-11-16-14)9-4-5-12-17-15/h1-3,7-8,14,16-17H,4-6,9-12H2. The summed E-state index contributed by atoms with van der Waals surface area (Å²) in [7, 11) is 0. The zero-order chi connectivity index (χ0) is 11.6. The average Bonchev–Trinajstić information content (AvgIpc) is 2.41. The van der Waals surface area contributed by atoms with Gasteiger partial charge in [0.1, 0.15) is 0 Å². The summed E-state index contributed by atoms with van der Waals surface area (Å²) >= 11 is 0. The quantitative estimate of drug-likeness (QED) is 0.775. The zero-order valence-corrected chi connectivity index (χ0v) is 10.4. The highest BCUT2D eigenvalue weighted by molar-refractivity contribution is 5.24. The summed E-state index contributed by atoms with van der Waals surface area (Å²) in [4.78, 5) is 0. The molecule has 0 aliphatic carbocycles. The van der Waals surface area contributed by atoms with Crippen LogP contribution in [-0.4, -0.2) is 18.6 Å². The van der Waals surface area contributed by atoms with Crippen molar-refractivity contribution in [2.75, 3.05) is 13.1 Å². The van der Waals surface area contributed by atoms with Gasteiger partial charge in [0.15, 0.2) is 0 Å². The van der Waals surface area contributed by atoms with E-state index in [2.05, 4.69) is 41.0 Å². The van der Waals surface area contributed by atoms with E-state index < -0.39 is 0 Å². The molecule has 2 aliphatic heterocycles. The van der Waals surface area contributed by atoms with Gasteiger partial charge in [-0.1, -0.05) is 36.8 Å². The van der Waals surface area contributed by atoms with E-state index in [9.17, 15) is 0 Å². The molecule has 3 rings (SSSR count). The van der Waals surface area contributed by atoms with Crippen LogP contribution in [0.5, 0.6) is 0 Å². The molecule has 92 valence electrons. The minimum atomic E-state index is 0.317. The van der Waals surface area contributed by atoms with E-state index in [1.165, 1.54) is 44.2 Å². The van der Waals surface area contributed by atoms with E-state index in [-0.39, 0.29) is 0 Å². The van der Waals surface area contributed by atoms with Crippen LogP contribution in [0.2, 0.25) is 0 Å². The van der Waals surface area contributed by atoms with E-state index in [1.54, 1.807) is 0 Å². The summed E-state index contributed by atoms with van der Waals surface area (Å²) in [6.07, 6.45) is 6.65. The number of benzene rings is 1. The number of rotatable bonds is 1. The van der Waals surface area contributed by atoms with Crippen molar-refractivity contribution < 1.29 is 0 Å². The topological polar surface area (TPSA) is 24.1 Å². The number of piperidine rings is 2. The Morgan fingerprint density at radius 2 is 1.76 bits per heavy atom. The Morgan fingerprint density at radius 1 is 0.941 bits per heavy atom. The molecular weight excluding hydrogens is 208 g/mol. The predicted octanol–water partition coefficient (Wildman–Crippen LogP) is 2.62. The fourth-order valence-corrected chi connectivity index (χ4v) is 3.52. The first-order chi connectivity index (χ1) is 8.41. The minimum Gasteiger partial charge on any atom is -0.309 e. The highest BCUT2D eigenvalue weighted by Crippen LogP contribution is 2.38. The molecule has 0 bridgehead atoms. The molecule has 2 heteroatoms. The average molecular weight is 230 g/mol. The summed E-state index contributed by atoms with van der Waals surface area (Å²) in [6.45, 7) is 2.34. The lowest BCUT2D eigenvalue weighted by atomic mass is 9.74. The maximum atomic E-state index is 3.82. The molecule has 1 aromatic carbocycles. The van der Waals surface area contributed by atoms with Crippen LogP contribution in [0, 0.1) is 0 Å². The van der Waals surface area contributed by atoms with Crippen LogP contribution < -0.4 is 10.6 Å². The largest absolute Gasteiger partial charge is 0.309 e. The van der Waals surface area contributed by atoms with E-state index in [0.717, 1.165) is 6.54 Å². The first kappa shape index (κ1) is 11.2. The Kier molecular flexibility index (Phi) is 3.17. The van der Waals surface area contributed by atoms with Crippen LogP contribution in [-0.2, 0) is 0 Å². The smallest absolute Gasteiger partial charge is 0.0505 e. The lowest BCUT2D eigenvalue weighted by molar-refractivity contribution is 0.140. The van der Waals surface area contributed by atoms with Gasteiger partial charge in [-0.2, -0.15) is 0 Å². The molecule has 2 fully saturated rings. The summed E-state index contributed by atoms with van der Waals surface area (Å²) in [6, 6.07) is 11.4. The number of nitrogens with one attached hydrogen (secondary N) is 2. The molecule has 2 saturated heterocycles. The maximum absolute atomic E-state index is 3.82. The first-order valence-corrected chi connectivity index (χ1v) is 6.94. The normalized spacial score (nSPS) is 33.8. The Bertz CT molecular complexity index is 346. The molecule has 2 unspecified atom stereocenters. The fraction of sp³-hybridized carbons (Fsp3) is 0.600. The van der Waals surface area contributed by atoms with Gasteiger partial charge in [-0.05, 0) is 44.3 Å². The van der Waals surface area contributed by atoms with E-state index in [1.807, 2.05) is 0 Å². The molecule has 0 radical (unpaired) electrons. The third kappa shape index (κ3) is 2.12. The summed E-state index contributed by atoms with van der Waals surface area (Å²) in [5, 5.41) is 7.55. The maximum Gasteiger partial charge on any atom is 0.0505 e. The SMILES string of the molecule is c1ccc(C2NCCCC23CCCCN3)cc1. The van der Waals surface area contributed by atoms with Gasteiger partial charge in [0.05, 0.1) is 6.04 Å². The van der Waals surface area contributed by atoms with Gasteiger partial charge >= 0.3 is 0 Å². The Morgan fingerprint density at radius 3 is 2.53 bits per heavy atom. The molecule has 0 saturated carbocycles. The lowest BCUT2D eigenvalue weighted by Gasteiger charge is -2.48. The summed E-state index contributed by atoms with van der Waals surface area (Å²) in [5.41, 5.74) is 1.76. The van der Waals surface area contributed by atoms with Crippen LogP contribution in [0.15, 0.2) is 30.3 Å². The van der Waals surface area contributed by atoms with Crippen molar-refractivity contribution in [2.24, 2.45) is 0 Å². The third-order valence-electron chi connectivity index (χ3n) is 4.36. The lowest BCUT2D eigenvalue weighted by Crippen LogP contribution is -2.59. The highest BCUT2D eigenvalue weighted by atomic mass is 15.1. The molecule has 2 atom stereocenters. The van der Waals surface area contributed by atoms with E-state index in [4.69, 9.17) is 0 Å². The zero-order valence-electron chi connectivity index (χ0n) is 10.4. The van der Waals surface area contributed by atoms with Crippen molar-refractivity contribution in [2.45, 2.75) is 43.7 Å². The third-order valence-corrected chi connectivity index (χ3v) is 4.36. The fourth-order valence-electron chi connectivity index (χ4n) is 3.52. The van der Waals surface area contributed by atoms with Crippen molar-refractivity contribution in [3.8, 4) is 0 Å². The van der Waals surface area contributed by atoms with Crippen molar-refractivity contribution in [1.82, 2.24) is 10.6 Å². The molecule has 2 heterocycles. The number of hydrogen-bond acceptors (Lipinski definition) is 2. The van der Waals surface area contributed by atoms with Crippen LogP contribution >= 0.6 is 0 Å². The Hall–Kier alpha value is -0.860. The molecule has 1 spiro atoms. The molecule has 0 aromatic heterocycles. The first-order valence-electron chi connectivity index (χ1n) is 6.94. The predicted molar refractivity (Wildman–Crippen MR) is 71.0 cm³/mol. The summed E-state index contributed by atoms with van der Waals surface area (Å²) in [5.74, 6) is 0. The Labute approximate surface area is 104 Å². The molecule has 2 aliphatic rings. The van der Waals surface area contributed by atoms with Crippen molar-refractivity contribution in [3.05, 3.63) is 35.9 Å². The second-order valence-corrected chi connectivity index (χ2v) is 5.44. The van der Waals surface area contributed by atoms with Gasteiger partial charge in [-0.25, -0.2) is 0 Å². The minimum absolute atomic E-state index is 0.317. The van der Waals surface area contributed by atoms with E-state index in [0.29, 0.717) is 11.6 Å². The monoisotopic (exact) mass is 230 g/mol. The van der Waals surface area contributed by atoms with Crippen molar-refractivity contribution in [3.63, 3.8) is 0 Å². The van der Waals surface area contributed by atoms with Crippen molar-refractivity contribution >= 4 is 0 Å². The molecule has 2 nitrogen and oxygen atoms in total. The van der Waals surface area contributed by atoms with Gasteiger partial charge in [-0.15, -0.1) is 0 Å². The number of hydrogen-bond donors (Lipinski definition) is 2. The molecule has 0 amide bonds. The molecular formula is C15H22N2. The van der Waals surface area contributed by atoms with Crippen LogP contribution in [0.25, 0.3) is 0 Å². The van der Waals surface area contributed by atoms with Crippen LogP contribution in [0.1, 0.15) is 43.7 Å². The van der Waals surface area contributed by atoms with Crippen LogP contribution in [0.4, 0.5) is 0 Å². The molecule has 17 heavy (non-hydrogen) atoms. The Balaban J connectivity index is 1.89. The van der Waals surface area contributed by atoms with Gasteiger partial charge in [-0.3, -0.25) is 0 Å². The van der Waals surface area contributed by atoms with Gasteiger partial charge in [0.25, 0.3) is 0 Å². The van der Waals surface area contributed by atoms with Crippen molar-refractivity contribution in [1.29, 1.82) is 0 Å². The van der Waals surface area contributed by atoms with Gasteiger partial charge in [0, 0.05) is 5.54 Å². The highest BCUT2D eigenvalue weighted by Gasteiger charge is 2.41.